The number of halogens is 1. The van der Waals surface area contributed by atoms with Crippen molar-refractivity contribution < 1.29 is 13.9 Å². The molecule has 0 N–H and O–H groups in total. The molecule has 0 amide bonds. The maximum atomic E-state index is 14.8. The molecule has 24 heavy (non-hydrogen) atoms. The molecule has 1 atom stereocenters. The lowest BCUT2D eigenvalue weighted by Gasteiger charge is -2.22. The minimum absolute atomic E-state index is 0.0997. The highest BCUT2D eigenvalue weighted by Gasteiger charge is 2.28. The van der Waals surface area contributed by atoms with Gasteiger partial charge in [-0.15, -0.1) is 0 Å². The standard InChI is InChI=1S/C21H23FO2/c1-3-4-5-6-15-7-9-16(10-8-15)18-12-11-17-13-14(2)21(23)24-20(17)19(18)22/h7-12,14H,3-6,13H2,1-2H3. The van der Waals surface area contributed by atoms with Crippen LogP contribution in [0, 0.1) is 11.7 Å². The Bertz CT molecular complexity index is 734. The van der Waals surface area contributed by atoms with Crippen LogP contribution in [0.15, 0.2) is 36.4 Å². The number of hydrogen-bond acceptors (Lipinski definition) is 2. The number of carbonyl (C=O) groups is 1. The number of carbonyl (C=O) groups excluding carboxylic acids is 1. The maximum absolute atomic E-state index is 14.8. The molecule has 0 bridgehead atoms. The van der Waals surface area contributed by atoms with E-state index in [1.807, 2.05) is 18.2 Å². The van der Waals surface area contributed by atoms with Crippen molar-refractivity contribution in [2.75, 3.05) is 0 Å². The first-order chi connectivity index (χ1) is 11.6. The molecule has 0 saturated heterocycles. The Kier molecular flexibility index (Phi) is 4.98. The summed E-state index contributed by atoms with van der Waals surface area (Å²) in [5, 5.41) is 0. The van der Waals surface area contributed by atoms with Crippen LogP contribution in [-0.4, -0.2) is 5.97 Å². The van der Waals surface area contributed by atoms with Gasteiger partial charge in [0.1, 0.15) is 0 Å². The van der Waals surface area contributed by atoms with Crippen molar-refractivity contribution in [3.8, 4) is 16.9 Å². The lowest BCUT2D eigenvalue weighted by molar-refractivity contribution is -0.139. The van der Waals surface area contributed by atoms with Gasteiger partial charge in [-0.1, -0.05) is 63.1 Å². The van der Waals surface area contributed by atoms with Crippen molar-refractivity contribution in [2.45, 2.75) is 46.0 Å². The van der Waals surface area contributed by atoms with Gasteiger partial charge >= 0.3 is 5.97 Å². The highest BCUT2D eigenvalue weighted by Crippen LogP contribution is 2.36. The second kappa shape index (κ2) is 7.16. The second-order valence-corrected chi connectivity index (χ2v) is 6.60. The van der Waals surface area contributed by atoms with Gasteiger partial charge in [0.15, 0.2) is 11.6 Å². The number of benzene rings is 2. The van der Waals surface area contributed by atoms with E-state index in [1.54, 1.807) is 13.0 Å². The van der Waals surface area contributed by atoms with E-state index in [0.717, 1.165) is 17.5 Å². The third kappa shape index (κ3) is 3.35. The zero-order valence-corrected chi connectivity index (χ0v) is 14.3. The summed E-state index contributed by atoms with van der Waals surface area (Å²) in [6, 6.07) is 11.6. The summed E-state index contributed by atoms with van der Waals surface area (Å²) in [7, 11) is 0. The van der Waals surface area contributed by atoms with E-state index >= 15 is 0 Å². The lowest BCUT2D eigenvalue weighted by Crippen LogP contribution is -2.26. The monoisotopic (exact) mass is 326 g/mol. The number of esters is 1. The smallest absolute Gasteiger partial charge is 0.314 e. The Morgan fingerprint density at radius 2 is 1.88 bits per heavy atom. The van der Waals surface area contributed by atoms with Crippen molar-refractivity contribution >= 4 is 5.97 Å². The van der Waals surface area contributed by atoms with Crippen LogP contribution in [0.1, 0.15) is 44.2 Å². The summed E-state index contributed by atoms with van der Waals surface area (Å²) in [5.41, 5.74) is 3.32. The van der Waals surface area contributed by atoms with Gasteiger partial charge < -0.3 is 4.74 Å². The molecule has 1 aliphatic rings. The molecule has 3 rings (SSSR count). The fourth-order valence-electron chi connectivity index (χ4n) is 3.13. The number of ether oxygens (including phenoxy) is 1. The van der Waals surface area contributed by atoms with Crippen molar-refractivity contribution in [3.63, 3.8) is 0 Å². The number of rotatable bonds is 5. The van der Waals surface area contributed by atoms with E-state index in [1.165, 1.54) is 24.8 Å². The van der Waals surface area contributed by atoms with Crippen LogP contribution in [0.3, 0.4) is 0 Å². The molecule has 1 aliphatic heterocycles. The van der Waals surface area contributed by atoms with Gasteiger partial charge in [0.05, 0.1) is 5.92 Å². The number of aryl methyl sites for hydroxylation is 1. The zero-order chi connectivity index (χ0) is 17.1. The summed E-state index contributed by atoms with van der Waals surface area (Å²) in [6.07, 6.45) is 5.19. The van der Waals surface area contributed by atoms with Crippen LogP contribution in [0.25, 0.3) is 11.1 Å². The number of fused-ring (bicyclic) bond motifs is 1. The van der Waals surface area contributed by atoms with Crippen LogP contribution in [0.2, 0.25) is 0 Å². The van der Waals surface area contributed by atoms with E-state index in [0.29, 0.717) is 12.0 Å². The molecule has 1 unspecified atom stereocenters. The van der Waals surface area contributed by atoms with Gasteiger partial charge in [0.25, 0.3) is 0 Å². The van der Waals surface area contributed by atoms with Crippen molar-refractivity contribution in [1.29, 1.82) is 0 Å². The fraction of sp³-hybridized carbons (Fsp3) is 0.381. The predicted molar refractivity (Wildman–Crippen MR) is 93.6 cm³/mol. The number of unbranched alkanes of at least 4 members (excludes halogenated alkanes) is 2. The molecule has 0 saturated carbocycles. The van der Waals surface area contributed by atoms with Gasteiger partial charge in [-0.3, -0.25) is 4.79 Å². The summed E-state index contributed by atoms with van der Waals surface area (Å²) in [4.78, 5) is 11.7. The topological polar surface area (TPSA) is 26.3 Å². The first-order valence-electron chi connectivity index (χ1n) is 8.72. The quantitative estimate of drug-likeness (QED) is 0.422. The maximum Gasteiger partial charge on any atom is 0.314 e. The molecular formula is C21H23FO2. The Labute approximate surface area is 142 Å². The van der Waals surface area contributed by atoms with Gasteiger partial charge in [0, 0.05) is 5.56 Å². The minimum Gasteiger partial charge on any atom is -0.423 e. The molecule has 0 radical (unpaired) electrons. The van der Waals surface area contributed by atoms with Gasteiger partial charge in [0.2, 0.25) is 0 Å². The molecule has 3 heteroatoms. The first kappa shape index (κ1) is 16.7. The summed E-state index contributed by atoms with van der Waals surface area (Å²) in [5.74, 6) is -0.913. The Morgan fingerprint density at radius 1 is 1.12 bits per heavy atom. The van der Waals surface area contributed by atoms with Gasteiger partial charge in [-0.05, 0) is 36.0 Å². The SMILES string of the molecule is CCCCCc1ccc(-c2ccc3c(c2F)OC(=O)C(C)C3)cc1. The van der Waals surface area contributed by atoms with Crippen LogP contribution < -0.4 is 4.74 Å². The summed E-state index contributed by atoms with van der Waals surface area (Å²) >= 11 is 0. The largest absolute Gasteiger partial charge is 0.423 e. The highest BCUT2D eigenvalue weighted by atomic mass is 19.1. The van der Waals surface area contributed by atoms with E-state index in [9.17, 15) is 9.18 Å². The fourth-order valence-corrected chi connectivity index (χ4v) is 3.13. The summed E-state index contributed by atoms with van der Waals surface area (Å²) < 4.78 is 20.0. The van der Waals surface area contributed by atoms with Crippen molar-refractivity contribution in [2.24, 2.45) is 5.92 Å². The van der Waals surface area contributed by atoms with Crippen molar-refractivity contribution in [1.82, 2.24) is 0 Å². The average molecular weight is 326 g/mol. The number of hydrogen-bond donors (Lipinski definition) is 0. The van der Waals surface area contributed by atoms with Crippen molar-refractivity contribution in [3.05, 3.63) is 53.3 Å². The lowest BCUT2D eigenvalue weighted by atomic mass is 9.94. The molecule has 0 aromatic heterocycles. The van der Waals surface area contributed by atoms with Gasteiger partial charge in [-0.2, -0.15) is 0 Å². The molecule has 0 fully saturated rings. The van der Waals surface area contributed by atoms with Crippen LogP contribution >= 0.6 is 0 Å². The third-order valence-corrected chi connectivity index (χ3v) is 4.64. The predicted octanol–water partition coefficient (Wildman–Crippen LogP) is 5.32. The molecular weight excluding hydrogens is 303 g/mol. The molecule has 2 aromatic rings. The summed E-state index contributed by atoms with van der Waals surface area (Å²) in [6.45, 7) is 3.99. The van der Waals surface area contributed by atoms with E-state index in [-0.39, 0.29) is 17.6 Å². The Balaban J connectivity index is 1.85. The normalized spacial score (nSPS) is 16.6. The van der Waals surface area contributed by atoms with E-state index < -0.39 is 5.82 Å². The van der Waals surface area contributed by atoms with E-state index in [2.05, 4.69) is 19.1 Å². The molecule has 2 nitrogen and oxygen atoms in total. The average Bonchev–Trinajstić information content (AvgIpc) is 2.58. The third-order valence-electron chi connectivity index (χ3n) is 4.64. The molecule has 1 heterocycles. The molecule has 126 valence electrons. The highest BCUT2D eigenvalue weighted by molar-refractivity contribution is 5.79. The van der Waals surface area contributed by atoms with Crippen LogP contribution in [0.5, 0.6) is 5.75 Å². The minimum atomic E-state index is -0.438. The van der Waals surface area contributed by atoms with E-state index in [4.69, 9.17) is 4.74 Å². The Hall–Kier alpha value is -2.16. The molecule has 2 aromatic carbocycles. The van der Waals surface area contributed by atoms with Crippen LogP contribution in [0.4, 0.5) is 4.39 Å². The zero-order valence-electron chi connectivity index (χ0n) is 14.3. The second-order valence-electron chi connectivity index (χ2n) is 6.60. The van der Waals surface area contributed by atoms with Gasteiger partial charge in [-0.25, -0.2) is 4.39 Å². The first-order valence-corrected chi connectivity index (χ1v) is 8.72. The molecule has 0 spiro atoms. The Morgan fingerprint density at radius 3 is 2.58 bits per heavy atom. The van der Waals surface area contributed by atoms with Crippen LogP contribution in [-0.2, 0) is 17.6 Å². The molecule has 0 aliphatic carbocycles.